The van der Waals surface area contributed by atoms with Gasteiger partial charge in [-0.25, -0.2) is 4.98 Å². The van der Waals surface area contributed by atoms with Crippen molar-refractivity contribution in [1.29, 1.82) is 0 Å². The summed E-state index contributed by atoms with van der Waals surface area (Å²) < 4.78 is 6.37. The van der Waals surface area contributed by atoms with Gasteiger partial charge in [-0.1, -0.05) is 6.07 Å². The standard InChI is InChI=1S/C14H17NO3S/c1-8-5-6-9(18-4)11-12(8)19-10(15-11)7-14(2,3)13(16)17/h5-6H,7H2,1-4H3,(H,16,17). The minimum atomic E-state index is -0.810. The number of fused-ring (bicyclic) bond motifs is 1. The molecule has 0 aliphatic carbocycles. The van der Waals surface area contributed by atoms with Crippen molar-refractivity contribution in [2.24, 2.45) is 5.41 Å². The fourth-order valence-corrected chi connectivity index (χ4v) is 3.13. The Morgan fingerprint density at radius 1 is 1.47 bits per heavy atom. The van der Waals surface area contributed by atoms with Crippen LogP contribution in [-0.2, 0) is 11.2 Å². The summed E-state index contributed by atoms with van der Waals surface area (Å²) in [6.07, 6.45) is 0.421. The fraction of sp³-hybridized carbons (Fsp3) is 0.429. The summed E-state index contributed by atoms with van der Waals surface area (Å²) >= 11 is 1.54. The molecular weight excluding hydrogens is 262 g/mol. The Labute approximate surface area is 116 Å². The highest BCUT2D eigenvalue weighted by Gasteiger charge is 2.29. The maximum atomic E-state index is 11.2. The molecule has 0 bridgehead atoms. The van der Waals surface area contributed by atoms with E-state index >= 15 is 0 Å². The largest absolute Gasteiger partial charge is 0.494 e. The first-order valence-corrected chi connectivity index (χ1v) is 6.83. The molecule has 0 spiro atoms. The van der Waals surface area contributed by atoms with Crippen molar-refractivity contribution in [2.45, 2.75) is 27.2 Å². The molecule has 0 amide bonds. The van der Waals surface area contributed by atoms with Gasteiger partial charge in [-0.05, 0) is 32.4 Å². The lowest BCUT2D eigenvalue weighted by Gasteiger charge is -2.16. The Balaban J connectivity index is 2.47. The number of aromatic nitrogens is 1. The van der Waals surface area contributed by atoms with Crippen LogP contribution in [0.2, 0.25) is 0 Å². The van der Waals surface area contributed by atoms with Crippen molar-refractivity contribution in [1.82, 2.24) is 4.98 Å². The summed E-state index contributed by atoms with van der Waals surface area (Å²) in [6, 6.07) is 3.88. The molecule has 5 heteroatoms. The van der Waals surface area contributed by atoms with Gasteiger partial charge in [-0.2, -0.15) is 0 Å². The van der Waals surface area contributed by atoms with Crippen LogP contribution in [0, 0.1) is 12.3 Å². The van der Waals surface area contributed by atoms with Crippen LogP contribution in [0.3, 0.4) is 0 Å². The number of aliphatic carboxylic acids is 1. The predicted molar refractivity (Wildman–Crippen MR) is 76.0 cm³/mol. The van der Waals surface area contributed by atoms with Crippen LogP contribution in [0.5, 0.6) is 5.75 Å². The van der Waals surface area contributed by atoms with Gasteiger partial charge in [0, 0.05) is 6.42 Å². The number of carbonyl (C=O) groups is 1. The van der Waals surface area contributed by atoms with Gasteiger partial charge < -0.3 is 9.84 Å². The number of aryl methyl sites for hydroxylation is 1. The van der Waals surface area contributed by atoms with Crippen molar-refractivity contribution in [3.63, 3.8) is 0 Å². The minimum absolute atomic E-state index is 0.421. The quantitative estimate of drug-likeness (QED) is 0.933. The number of hydrogen-bond donors (Lipinski definition) is 1. The van der Waals surface area contributed by atoms with Gasteiger partial charge in [-0.3, -0.25) is 4.79 Å². The highest BCUT2D eigenvalue weighted by Crippen LogP contribution is 2.34. The number of carboxylic acid groups (broad SMARTS) is 1. The smallest absolute Gasteiger partial charge is 0.309 e. The van der Waals surface area contributed by atoms with Crippen molar-refractivity contribution >= 4 is 27.5 Å². The summed E-state index contributed by atoms with van der Waals surface area (Å²) in [5.74, 6) is -0.0772. The van der Waals surface area contributed by atoms with E-state index in [1.165, 1.54) is 0 Å². The van der Waals surface area contributed by atoms with E-state index in [-0.39, 0.29) is 0 Å². The number of nitrogens with zero attached hydrogens (tertiary/aromatic N) is 1. The van der Waals surface area contributed by atoms with Crippen molar-refractivity contribution in [3.05, 3.63) is 22.7 Å². The summed E-state index contributed by atoms with van der Waals surface area (Å²) in [5.41, 5.74) is 1.14. The van der Waals surface area contributed by atoms with Gasteiger partial charge >= 0.3 is 5.97 Å². The van der Waals surface area contributed by atoms with E-state index in [0.29, 0.717) is 6.42 Å². The maximum absolute atomic E-state index is 11.2. The molecule has 2 rings (SSSR count). The zero-order valence-corrected chi connectivity index (χ0v) is 12.3. The van der Waals surface area contributed by atoms with E-state index < -0.39 is 11.4 Å². The lowest BCUT2D eigenvalue weighted by molar-refractivity contribution is -0.146. The Morgan fingerprint density at radius 3 is 2.74 bits per heavy atom. The molecule has 0 unspecified atom stereocenters. The Morgan fingerprint density at radius 2 is 2.16 bits per heavy atom. The first kappa shape index (κ1) is 13.8. The molecule has 0 saturated carbocycles. The number of carboxylic acids is 1. The number of thiazole rings is 1. The van der Waals surface area contributed by atoms with E-state index in [2.05, 4.69) is 4.98 Å². The molecule has 0 fully saturated rings. The predicted octanol–water partition coefficient (Wildman–Crippen LogP) is 3.27. The first-order chi connectivity index (χ1) is 8.85. The van der Waals surface area contributed by atoms with Crippen molar-refractivity contribution in [3.8, 4) is 5.75 Å². The molecule has 1 aromatic heterocycles. The van der Waals surface area contributed by atoms with Gasteiger partial charge in [-0.15, -0.1) is 11.3 Å². The van der Waals surface area contributed by atoms with Crippen LogP contribution in [0.15, 0.2) is 12.1 Å². The molecule has 0 aliphatic rings. The van der Waals surface area contributed by atoms with Gasteiger partial charge in [0.2, 0.25) is 0 Å². The lowest BCUT2D eigenvalue weighted by Crippen LogP contribution is -2.26. The molecule has 0 radical (unpaired) electrons. The van der Waals surface area contributed by atoms with Crippen LogP contribution in [-0.4, -0.2) is 23.2 Å². The molecular formula is C14H17NO3S. The second-order valence-corrected chi connectivity index (χ2v) is 6.32. The van der Waals surface area contributed by atoms with Crippen molar-refractivity contribution in [2.75, 3.05) is 7.11 Å². The van der Waals surface area contributed by atoms with Crippen LogP contribution in [0.1, 0.15) is 24.4 Å². The monoisotopic (exact) mass is 279 g/mol. The molecule has 1 heterocycles. The van der Waals surface area contributed by atoms with Gasteiger partial charge in [0.25, 0.3) is 0 Å². The van der Waals surface area contributed by atoms with E-state index in [1.807, 2.05) is 19.1 Å². The highest BCUT2D eigenvalue weighted by molar-refractivity contribution is 7.18. The number of rotatable bonds is 4. The molecule has 1 N–H and O–H groups in total. The molecule has 4 nitrogen and oxygen atoms in total. The SMILES string of the molecule is COc1ccc(C)c2sc(CC(C)(C)C(=O)O)nc12. The summed E-state index contributed by atoms with van der Waals surface area (Å²) in [6.45, 7) is 5.45. The number of benzene rings is 1. The average Bonchev–Trinajstić information content (AvgIpc) is 2.73. The summed E-state index contributed by atoms with van der Waals surface area (Å²) in [4.78, 5) is 15.7. The van der Waals surface area contributed by atoms with Crippen LogP contribution < -0.4 is 4.74 Å². The molecule has 19 heavy (non-hydrogen) atoms. The lowest BCUT2D eigenvalue weighted by atomic mass is 9.90. The fourth-order valence-electron chi connectivity index (χ4n) is 1.85. The van der Waals surface area contributed by atoms with Gasteiger partial charge in [0.1, 0.15) is 11.3 Å². The van der Waals surface area contributed by atoms with E-state index in [0.717, 1.165) is 26.5 Å². The average molecular weight is 279 g/mol. The number of hydrogen-bond acceptors (Lipinski definition) is 4. The zero-order valence-electron chi connectivity index (χ0n) is 11.5. The summed E-state index contributed by atoms with van der Waals surface area (Å²) in [5, 5.41) is 10.0. The van der Waals surface area contributed by atoms with Gasteiger partial charge in [0.15, 0.2) is 0 Å². The van der Waals surface area contributed by atoms with Crippen LogP contribution in [0.25, 0.3) is 10.2 Å². The molecule has 1 aromatic carbocycles. The topological polar surface area (TPSA) is 59.4 Å². The molecule has 102 valence electrons. The van der Waals surface area contributed by atoms with Crippen LogP contribution in [0.4, 0.5) is 0 Å². The third-order valence-electron chi connectivity index (χ3n) is 3.14. The van der Waals surface area contributed by atoms with Crippen molar-refractivity contribution < 1.29 is 14.6 Å². The van der Waals surface area contributed by atoms with E-state index in [4.69, 9.17) is 4.74 Å². The zero-order chi connectivity index (χ0) is 14.2. The third kappa shape index (κ3) is 2.56. The number of methoxy groups -OCH3 is 1. The second kappa shape index (κ2) is 4.81. The molecule has 0 saturated heterocycles. The third-order valence-corrected chi connectivity index (χ3v) is 4.33. The number of ether oxygens (including phenoxy) is 1. The Kier molecular flexibility index (Phi) is 3.49. The Bertz CT molecular complexity index is 631. The maximum Gasteiger partial charge on any atom is 0.309 e. The Hall–Kier alpha value is -1.62. The molecule has 2 aromatic rings. The highest BCUT2D eigenvalue weighted by atomic mass is 32.1. The van der Waals surface area contributed by atoms with E-state index in [1.54, 1.807) is 32.3 Å². The molecule has 0 atom stereocenters. The first-order valence-electron chi connectivity index (χ1n) is 6.01. The van der Waals surface area contributed by atoms with Gasteiger partial charge in [0.05, 0.1) is 22.2 Å². The van der Waals surface area contributed by atoms with Crippen LogP contribution >= 0.6 is 11.3 Å². The normalized spacial score (nSPS) is 11.8. The summed E-state index contributed by atoms with van der Waals surface area (Å²) in [7, 11) is 1.62. The van der Waals surface area contributed by atoms with E-state index in [9.17, 15) is 9.90 Å². The second-order valence-electron chi connectivity index (χ2n) is 5.24. The minimum Gasteiger partial charge on any atom is -0.494 e. The molecule has 0 aliphatic heterocycles.